The molecule has 2 aromatic heterocycles. The quantitative estimate of drug-likeness (QED) is 0.129. The van der Waals surface area contributed by atoms with E-state index in [-0.39, 0.29) is 12.3 Å². The summed E-state index contributed by atoms with van der Waals surface area (Å²) in [5.41, 5.74) is 19.5. The molecule has 4 heteroatoms. The van der Waals surface area contributed by atoms with Gasteiger partial charge in [-0.15, -0.1) is 11.3 Å². The van der Waals surface area contributed by atoms with E-state index < -0.39 is 0 Å². The SMILES string of the molecule is C=C/C=C\c1c(C)sc2c1c1cccc3c1n2-c1cc(-c2ccccc2)cc2c1B3N(c1ccc3c(c1)C(C)(C)c1ccccc1-3)c1ccc3ccccc3c1-2. The third kappa shape index (κ3) is 4.07. The van der Waals surface area contributed by atoms with E-state index in [1.807, 2.05) is 17.4 Å². The fraction of sp³-hybridized carbons (Fsp3) is 0.0769. The van der Waals surface area contributed by atoms with Gasteiger partial charge in [0.05, 0.1) is 5.52 Å². The number of hydrogen-bond acceptors (Lipinski definition) is 2. The molecule has 264 valence electrons. The first-order valence-electron chi connectivity index (χ1n) is 19.6. The van der Waals surface area contributed by atoms with Gasteiger partial charge in [-0.25, -0.2) is 0 Å². The van der Waals surface area contributed by atoms with Gasteiger partial charge >= 0.3 is 6.85 Å². The van der Waals surface area contributed by atoms with Gasteiger partial charge in [-0.1, -0.05) is 148 Å². The molecular weight excluding hydrogens is 695 g/mol. The second kappa shape index (κ2) is 11.3. The van der Waals surface area contributed by atoms with Gasteiger partial charge in [0, 0.05) is 43.7 Å². The molecule has 0 unspecified atom stereocenters. The van der Waals surface area contributed by atoms with E-state index in [0.29, 0.717) is 0 Å². The van der Waals surface area contributed by atoms with Gasteiger partial charge in [0.15, 0.2) is 0 Å². The normalized spacial score (nSPS) is 14.4. The summed E-state index contributed by atoms with van der Waals surface area (Å²) in [4.78, 5) is 5.30. The number of fused-ring (bicyclic) bond motifs is 12. The van der Waals surface area contributed by atoms with Gasteiger partial charge in [0.25, 0.3) is 0 Å². The minimum Gasteiger partial charge on any atom is -0.376 e. The van der Waals surface area contributed by atoms with Crippen molar-refractivity contribution in [1.29, 1.82) is 0 Å². The fourth-order valence-electron chi connectivity index (χ4n) is 10.4. The molecule has 2 nitrogen and oxygen atoms in total. The Morgan fingerprint density at radius 3 is 2.34 bits per heavy atom. The molecule has 9 aromatic rings. The Morgan fingerprint density at radius 1 is 0.679 bits per heavy atom. The second-order valence-electron chi connectivity index (χ2n) is 16.1. The van der Waals surface area contributed by atoms with Crippen molar-refractivity contribution in [2.75, 3.05) is 4.81 Å². The molecule has 0 fully saturated rings. The first kappa shape index (κ1) is 31.9. The zero-order valence-corrected chi connectivity index (χ0v) is 32.4. The van der Waals surface area contributed by atoms with Crippen molar-refractivity contribution < 1.29 is 0 Å². The summed E-state index contributed by atoms with van der Waals surface area (Å²) in [5, 5.41) is 5.16. The summed E-state index contributed by atoms with van der Waals surface area (Å²) in [6, 6.07) is 52.8. The maximum Gasteiger partial charge on any atom is 0.333 e. The molecule has 3 aliphatic rings. The Bertz CT molecular complexity index is 3210. The van der Waals surface area contributed by atoms with Crippen molar-refractivity contribution in [3.05, 3.63) is 180 Å². The van der Waals surface area contributed by atoms with Gasteiger partial charge in [-0.05, 0) is 103 Å². The average Bonchev–Trinajstić information content (AvgIpc) is 3.81. The van der Waals surface area contributed by atoms with Crippen LogP contribution in [0.2, 0.25) is 0 Å². The van der Waals surface area contributed by atoms with E-state index in [4.69, 9.17) is 0 Å². The van der Waals surface area contributed by atoms with E-state index in [9.17, 15) is 0 Å². The lowest BCUT2D eigenvalue weighted by Crippen LogP contribution is -2.60. The molecule has 56 heavy (non-hydrogen) atoms. The predicted octanol–water partition coefficient (Wildman–Crippen LogP) is 12.7. The van der Waals surface area contributed by atoms with Crippen molar-refractivity contribution >= 4 is 78.5 Å². The number of anilines is 2. The van der Waals surface area contributed by atoms with Crippen LogP contribution in [0.3, 0.4) is 0 Å². The van der Waals surface area contributed by atoms with E-state index in [0.717, 1.165) is 0 Å². The number of benzene rings is 7. The predicted molar refractivity (Wildman–Crippen MR) is 242 cm³/mol. The molecule has 0 saturated carbocycles. The number of hydrogen-bond donors (Lipinski definition) is 0. The van der Waals surface area contributed by atoms with Crippen LogP contribution in [0, 0.1) is 6.92 Å². The van der Waals surface area contributed by atoms with Crippen LogP contribution in [0.5, 0.6) is 0 Å². The van der Waals surface area contributed by atoms with Crippen molar-refractivity contribution in [3.8, 4) is 39.1 Å². The summed E-state index contributed by atoms with van der Waals surface area (Å²) in [5.74, 6) is 0. The maximum absolute atomic E-state index is 4.01. The number of thiophene rings is 1. The van der Waals surface area contributed by atoms with E-state index in [2.05, 4.69) is 188 Å². The minimum absolute atomic E-state index is 0.0445. The third-order valence-corrected chi connectivity index (χ3v) is 14.0. The van der Waals surface area contributed by atoms with Crippen LogP contribution in [-0.2, 0) is 5.41 Å². The molecule has 2 aliphatic heterocycles. The molecule has 0 N–H and O–H groups in total. The highest BCUT2D eigenvalue weighted by molar-refractivity contribution is 7.19. The molecule has 0 spiro atoms. The number of nitrogens with zero attached hydrogens (tertiary/aromatic N) is 2. The Balaban J connectivity index is 1.24. The van der Waals surface area contributed by atoms with E-state index in [1.165, 1.54) is 115 Å². The van der Waals surface area contributed by atoms with Crippen LogP contribution in [-0.4, -0.2) is 11.4 Å². The molecule has 0 radical (unpaired) electrons. The van der Waals surface area contributed by atoms with E-state index in [1.54, 1.807) is 0 Å². The van der Waals surface area contributed by atoms with Crippen molar-refractivity contribution in [2.24, 2.45) is 0 Å². The zero-order chi connectivity index (χ0) is 37.4. The van der Waals surface area contributed by atoms with Gasteiger partial charge in [0.1, 0.15) is 4.83 Å². The summed E-state index contributed by atoms with van der Waals surface area (Å²) in [6.45, 7) is 11.0. The highest BCUT2D eigenvalue weighted by atomic mass is 32.1. The summed E-state index contributed by atoms with van der Waals surface area (Å²) in [7, 11) is 0. The summed E-state index contributed by atoms with van der Waals surface area (Å²) >= 11 is 1.90. The van der Waals surface area contributed by atoms with Crippen molar-refractivity contribution in [3.63, 3.8) is 0 Å². The van der Waals surface area contributed by atoms with Gasteiger partial charge in [0.2, 0.25) is 0 Å². The molecular formula is C52H37BN2S. The standard InChI is InChI=1S/C52H37BN2S/c1-5-6-18-36-31(2)56-51-48(36)40-21-14-23-44-50(40)54(51)46-29-34(32-15-8-7-9-16-32)28-41-47-37-19-11-10-17-33(37)24-27-45(47)55(53(44)49(41)46)35-25-26-39-38-20-12-13-22-42(38)52(3,4)43(39)30-35/h5-30H,1H2,2-4H3/b18-6-. The number of rotatable bonds is 4. The molecule has 0 saturated heterocycles. The topological polar surface area (TPSA) is 8.17 Å². The lowest BCUT2D eigenvalue weighted by Gasteiger charge is -2.43. The third-order valence-electron chi connectivity index (χ3n) is 12.9. The molecule has 0 atom stereocenters. The summed E-state index contributed by atoms with van der Waals surface area (Å²) < 4.78 is 2.61. The van der Waals surface area contributed by atoms with Crippen LogP contribution in [0.4, 0.5) is 11.4 Å². The van der Waals surface area contributed by atoms with Crippen LogP contribution in [0.15, 0.2) is 158 Å². The lowest BCUT2D eigenvalue weighted by molar-refractivity contribution is 0.660. The van der Waals surface area contributed by atoms with Gasteiger partial charge in [-0.3, -0.25) is 0 Å². The largest absolute Gasteiger partial charge is 0.376 e. The number of aryl methyl sites for hydroxylation is 1. The molecule has 4 heterocycles. The smallest absolute Gasteiger partial charge is 0.333 e. The monoisotopic (exact) mass is 732 g/mol. The molecule has 0 bridgehead atoms. The molecule has 0 amide bonds. The lowest BCUT2D eigenvalue weighted by atomic mass is 9.43. The molecule has 7 aromatic carbocycles. The molecule has 12 rings (SSSR count). The summed E-state index contributed by atoms with van der Waals surface area (Å²) in [6.07, 6.45) is 6.21. The fourth-order valence-corrected chi connectivity index (χ4v) is 11.6. The Kier molecular flexibility index (Phi) is 6.47. The number of allylic oxidation sites excluding steroid dienone is 2. The number of para-hydroxylation sites is 1. The zero-order valence-electron chi connectivity index (χ0n) is 31.6. The second-order valence-corrected chi connectivity index (χ2v) is 17.3. The van der Waals surface area contributed by atoms with Gasteiger partial charge in [-0.2, -0.15) is 0 Å². The highest BCUT2D eigenvalue weighted by Crippen LogP contribution is 2.53. The van der Waals surface area contributed by atoms with Crippen LogP contribution < -0.4 is 15.7 Å². The highest BCUT2D eigenvalue weighted by Gasteiger charge is 2.45. The van der Waals surface area contributed by atoms with Crippen molar-refractivity contribution in [2.45, 2.75) is 26.2 Å². The Hall–Kier alpha value is -6.36. The first-order chi connectivity index (χ1) is 27.4. The van der Waals surface area contributed by atoms with Crippen LogP contribution >= 0.6 is 11.3 Å². The van der Waals surface area contributed by atoms with E-state index >= 15 is 0 Å². The maximum atomic E-state index is 4.01. The Morgan fingerprint density at radius 2 is 1.46 bits per heavy atom. The average molecular weight is 733 g/mol. The van der Waals surface area contributed by atoms with Crippen LogP contribution in [0.1, 0.15) is 35.4 Å². The Labute approximate surface area is 331 Å². The van der Waals surface area contributed by atoms with Crippen molar-refractivity contribution in [1.82, 2.24) is 4.57 Å². The number of aromatic nitrogens is 1. The first-order valence-corrected chi connectivity index (χ1v) is 20.4. The van der Waals surface area contributed by atoms with Crippen LogP contribution in [0.25, 0.3) is 77.0 Å². The molecule has 1 aliphatic carbocycles. The minimum atomic E-state index is -0.115. The van der Waals surface area contributed by atoms with Gasteiger partial charge < -0.3 is 9.38 Å².